The third-order valence-corrected chi connectivity index (χ3v) is 3.27. The molecule has 1 aromatic rings. The summed E-state index contributed by atoms with van der Waals surface area (Å²) >= 11 is 0. The Kier molecular flexibility index (Phi) is 4.35. The molecule has 0 bridgehead atoms. The Morgan fingerprint density at radius 3 is 2.90 bits per heavy atom. The molecular formula is C13H14N4O4. The lowest BCUT2D eigenvalue weighted by Crippen LogP contribution is -2.30. The number of nitrogens with zero attached hydrogens (tertiary/aromatic N) is 2. The van der Waals surface area contributed by atoms with Gasteiger partial charge in [-0.25, -0.2) is 0 Å². The molecule has 2 rings (SSSR count). The van der Waals surface area contributed by atoms with Gasteiger partial charge in [-0.05, 0) is 25.0 Å². The number of ether oxygens (including phenoxy) is 1. The molecule has 8 nitrogen and oxygen atoms in total. The lowest BCUT2D eigenvalue weighted by molar-refractivity contribution is -0.384. The van der Waals surface area contributed by atoms with E-state index in [0.29, 0.717) is 24.9 Å². The maximum atomic E-state index is 11.0. The highest BCUT2D eigenvalue weighted by atomic mass is 16.6. The quantitative estimate of drug-likeness (QED) is 0.612. The number of carbonyl (C=O) groups excluding carboxylic acids is 1. The second-order valence-corrected chi connectivity index (χ2v) is 4.71. The van der Waals surface area contributed by atoms with Crippen LogP contribution in [0.2, 0.25) is 0 Å². The van der Waals surface area contributed by atoms with Crippen LogP contribution in [-0.4, -0.2) is 29.6 Å². The van der Waals surface area contributed by atoms with Crippen LogP contribution in [0.25, 0.3) is 0 Å². The number of benzene rings is 1. The second-order valence-electron chi connectivity index (χ2n) is 4.71. The Bertz CT molecular complexity index is 611. The molecule has 21 heavy (non-hydrogen) atoms. The predicted octanol–water partition coefficient (Wildman–Crippen LogP) is 0.911. The Balaban J connectivity index is 2.04. The van der Waals surface area contributed by atoms with Gasteiger partial charge >= 0.3 is 0 Å². The smallest absolute Gasteiger partial charge is 0.292 e. The molecule has 0 unspecified atom stereocenters. The van der Waals surface area contributed by atoms with Gasteiger partial charge in [0.1, 0.15) is 11.8 Å². The highest BCUT2D eigenvalue weighted by Gasteiger charge is 2.29. The van der Waals surface area contributed by atoms with Crippen molar-refractivity contribution in [1.82, 2.24) is 0 Å². The lowest BCUT2D eigenvalue weighted by atomic mass is 10.1. The Morgan fingerprint density at radius 1 is 1.57 bits per heavy atom. The van der Waals surface area contributed by atoms with E-state index in [1.807, 2.05) is 6.07 Å². The molecule has 1 aliphatic heterocycles. The van der Waals surface area contributed by atoms with Crippen LogP contribution in [-0.2, 0) is 9.53 Å². The molecule has 1 fully saturated rings. The molecule has 0 radical (unpaired) electrons. The Hall–Kier alpha value is -2.66. The van der Waals surface area contributed by atoms with Gasteiger partial charge in [-0.3, -0.25) is 14.9 Å². The van der Waals surface area contributed by atoms with Crippen LogP contribution in [0.15, 0.2) is 18.2 Å². The highest BCUT2D eigenvalue weighted by molar-refractivity contribution is 5.79. The van der Waals surface area contributed by atoms with Crippen molar-refractivity contribution >= 4 is 17.3 Å². The van der Waals surface area contributed by atoms with Crippen LogP contribution in [0.5, 0.6) is 0 Å². The van der Waals surface area contributed by atoms with Crippen LogP contribution >= 0.6 is 0 Å². The molecule has 8 heteroatoms. The minimum absolute atomic E-state index is 0.113. The fourth-order valence-electron chi connectivity index (χ4n) is 2.20. The zero-order valence-corrected chi connectivity index (χ0v) is 11.1. The summed E-state index contributed by atoms with van der Waals surface area (Å²) in [5.74, 6) is -0.505. The van der Waals surface area contributed by atoms with Crippen LogP contribution in [0.4, 0.5) is 11.4 Å². The van der Waals surface area contributed by atoms with Crippen molar-refractivity contribution in [3.63, 3.8) is 0 Å². The van der Waals surface area contributed by atoms with E-state index in [4.69, 9.17) is 15.7 Å². The van der Waals surface area contributed by atoms with Crippen LogP contribution < -0.4 is 11.1 Å². The van der Waals surface area contributed by atoms with Gasteiger partial charge < -0.3 is 15.8 Å². The minimum atomic E-state index is -0.600. The van der Waals surface area contributed by atoms with E-state index in [1.54, 1.807) is 0 Å². The molecule has 0 aromatic heterocycles. The maximum absolute atomic E-state index is 11.0. The monoisotopic (exact) mass is 290 g/mol. The van der Waals surface area contributed by atoms with Gasteiger partial charge in [-0.2, -0.15) is 5.26 Å². The summed E-state index contributed by atoms with van der Waals surface area (Å²) in [6, 6.07) is 6.01. The topological polar surface area (TPSA) is 131 Å². The number of primary amides is 1. The lowest BCUT2D eigenvalue weighted by Gasteiger charge is -2.13. The second kappa shape index (κ2) is 6.19. The van der Waals surface area contributed by atoms with E-state index in [9.17, 15) is 14.9 Å². The summed E-state index contributed by atoms with van der Waals surface area (Å²) in [6.45, 7) is 0.305. The first-order chi connectivity index (χ1) is 10.0. The normalized spacial score (nSPS) is 20.7. The molecule has 1 aromatic carbocycles. The number of rotatable bonds is 5. The molecule has 2 atom stereocenters. The van der Waals surface area contributed by atoms with Crippen molar-refractivity contribution in [2.45, 2.75) is 25.0 Å². The first-order valence-electron chi connectivity index (χ1n) is 6.38. The predicted molar refractivity (Wildman–Crippen MR) is 73.4 cm³/mol. The Morgan fingerprint density at radius 2 is 2.33 bits per heavy atom. The standard InChI is InChI=1S/C13H14N4O4/c14-6-8-1-3-11(17(19)20)10(5-8)16-7-9-2-4-12(21-9)13(15)18/h1,3,5,9,12,16H,2,4,7H2,(H2,15,18)/t9-,12-/m1/s1. The fraction of sp³-hybridized carbons (Fsp3) is 0.385. The third kappa shape index (κ3) is 3.46. The third-order valence-electron chi connectivity index (χ3n) is 3.27. The largest absolute Gasteiger partial charge is 0.377 e. The zero-order valence-electron chi connectivity index (χ0n) is 11.1. The molecule has 3 N–H and O–H groups in total. The summed E-state index contributed by atoms with van der Waals surface area (Å²) in [5, 5.41) is 22.7. The van der Waals surface area contributed by atoms with Gasteiger partial charge in [0, 0.05) is 12.6 Å². The SMILES string of the molecule is N#Cc1ccc([N+](=O)[O-])c(NC[C@H]2CC[C@H](C(N)=O)O2)c1. The number of nitriles is 1. The number of nitro benzene ring substituents is 1. The van der Waals surface area contributed by atoms with Crippen molar-refractivity contribution in [3.8, 4) is 6.07 Å². The van der Waals surface area contributed by atoms with Crippen LogP contribution in [0.3, 0.4) is 0 Å². The van der Waals surface area contributed by atoms with Gasteiger partial charge in [0.15, 0.2) is 0 Å². The van der Waals surface area contributed by atoms with E-state index in [1.165, 1.54) is 18.2 Å². The maximum Gasteiger partial charge on any atom is 0.292 e. The summed E-state index contributed by atoms with van der Waals surface area (Å²) in [4.78, 5) is 21.4. The molecule has 1 saturated heterocycles. The van der Waals surface area contributed by atoms with Gasteiger partial charge in [-0.15, -0.1) is 0 Å². The van der Waals surface area contributed by atoms with E-state index in [0.717, 1.165) is 0 Å². The van der Waals surface area contributed by atoms with E-state index in [-0.39, 0.29) is 17.5 Å². The Labute approximate surface area is 120 Å². The molecule has 0 saturated carbocycles. The van der Waals surface area contributed by atoms with Crippen molar-refractivity contribution in [2.24, 2.45) is 5.73 Å². The molecule has 110 valence electrons. The van der Waals surface area contributed by atoms with E-state index >= 15 is 0 Å². The summed E-state index contributed by atoms with van der Waals surface area (Å²) in [6.07, 6.45) is 0.346. The van der Waals surface area contributed by atoms with Gasteiger partial charge in [0.05, 0.1) is 22.7 Å². The summed E-state index contributed by atoms with van der Waals surface area (Å²) in [5.41, 5.74) is 5.63. The first-order valence-corrected chi connectivity index (χ1v) is 6.38. The number of nitro groups is 1. The summed E-state index contributed by atoms with van der Waals surface area (Å²) < 4.78 is 5.43. The number of hydrogen-bond acceptors (Lipinski definition) is 6. The van der Waals surface area contributed by atoms with E-state index < -0.39 is 16.9 Å². The molecular weight excluding hydrogens is 276 g/mol. The van der Waals surface area contributed by atoms with Crippen molar-refractivity contribution in [1.29, 1.82) is 5.26 Å². The van der Waals surface area contributed by atoms with Crippen LogP contribution in [0.1, 0.15) is 18.4 Å². The molecule has 0 spiro atoms. The number of anilines is 1. The van der Waals surface area contributed by atoms with Crippen molar-refractivity contribution in [3.05, 3.63) is 33.9 Å². The molecule has 0 aliphatic carbocycles. The summed E-state index contributed by atoms with van der Waals surface area (Å²) in [7, 11) is 0. The van der Waals surface area contributed by atoms with Gasteiger partial charge in [0.2, 0.25) is 5.91 Å². The fourth-order valence-corrected chi connectivity index (χ4v) is 2.20. The molecule has 1 amide bonds. The zero-order chi connectivity index (χ0) is 15.4. The van der Waals surface area contributed by atoms with Crippen LogP contribution in [0, 0.1) is 21.4 Å². The molecule has 1 aliphatic rings. The minimum Gasteiger partial charge on any atom is -0.377 e. The molecule has 1 heterocycles. The average molecular weight is 290 g/mol. The number of carbonyl (C=O) groups is 1. The average Bonchev–Trinajstić information content (AvgIpc) is 2.93. The number of hydrogen-bond donors (Lipinski definition) is 2. The van der Waals surface area contributed by atoms with E-state index in [2.05, 4.69) is 5.32 Å². The van der Waals surface area contributed by atoms with Crippen molar-refractivity contribution < 1.29 is 14.5 Å². The number of nitrogens with two attached hydrogens (primary N) is 1. The number of nitrogens with one attached hydrogen (secondary N) is 1. The van der Waals surface area contributed by atoms with Gasteiger partial charge in [-0.1, -0.05) is 0 Å². The van der Waals surface area contributed by atoms with Crippen molar-refractivity contribution in [2.75, 3.05) is 11.9 Å². The number of amides is 1. The highest BCUT2D eigenvalue weighted by Crippen LogP contribution is 2.26. The first kappa shape index (κ1) is 14.7. The van der Waals surface area contributed by atoms with Gasteiger partial charge in [0.25, 0.3) is 5.69 Å².